The summed E-state index contributed by atoms with van der Waals surface area (Å²) in [5.41, 5.74) is 0.575. The maximum atomic E-state index is 11.6. The van der Waals surface area contributed by atoms with Gasteiger partial charge in [0.15, 0.2) is 0 Å². The van der Waals surface area contributed by atoms with Crippen molar-refractivity contribution < 1.29 is 64.4 Å². The molecule has 0 atom stereocenters. The van der Waals surface area contributed by atoms with Gasteiger partial charge in [0.2, 0.25) is 0 Å². The zero-order valence-corrected chi connectivity index (χ0v) is 18.7. The van der Waals surface area contributed by atoms with Crippen LogP contribution in [-0.2, 0) is 16.3 Å². The van der Waals surface area contributed by atoms with E-state index in [-0.39, 0.29) is 56.3 Å². The zero-order valence-electron chi connectivity index (χ0n) is 13.9. The van der Waals surface area contributed by atoms with Crippen molar-refractivity contribution in [1.82, 2.24) is 0 Å². The Labute approximate surface area is 192 Å². The van der Waals surface area contributed by atoms with Crippen molar-refractivity contribution in [1.29, 1.82) is 0 Å². The second-order valence-corrected chi connectivity index (χ2v) is 8.87. The van der Waals surface area contributed by atoms with Crippen LogP contribution in [0.3, 0.4) is 0 Å². The molecule has 3 rings (SSSR count). The van der Waals surface area contributed by atoms with E-state index in [1.165, 1.54) is 6.07 Å². The maximum Gasteiger partial charge on any atom is 1.00 e. The van der Waals surface area contributed by atoms with Crippen molar-refractivity contribution in [2.24, 2.45) is 0 Å². The summed E-state index contributed by atoms with van der Waals surface area (Å²) in [6.07, 6.45) is 0.515. The Morgan fingerprint density at radius 3 is 1.64 bits per heavy atom. The van der Waals surface area contributed by atoms with Crippen LogP contribution in [0.4, 0.5) is 0 Å². The fourth-order valence-corrected chi connectivity index (χ4v) is 5.75. The van der Waals surface area contributed by atoms with E-state index in [1.54, 1.807) is 18.2 Å². The molecule has 3 aromatic carbocycles. The first-order valence-corrected chi connectivity index (χ1v) is 10.4. The van der Waals surface area contributed by atoms with Gasteiger partial charge in [-0.15, -0.1) is 0 Å². The molecule has 25 heavy (non-hydrogen) atoms. The Kier molecular flexibility index (Phi) is 7.99. The predicted molar refractivity (Wildman–Crippen MR) is 97.2 cm³/mol. The van der Waals surface area contributed by atoms with Crippen molar-refractivity contribution in [3.05, 3.63) is 90.5 Å². The monoisotopic (exact) mass is 394 g/mol. The third-order valence-corrected chi connectivity index (χ3v) is 7.14. The van der Waals surface area contributed by atoms with E-state index in [9.17, 15) is 13.0 Å². The van der Waals surface area contributed by atoms with Crippen molar-refractivity contribution in [2.75, 3.05) is 0 Å². The van der Waals surface area contributed by atoms with Gasteiger partial charge in [0.1, 0.15) is 10.1 Å². The van der Waals surface area contributed by atoms with Gasteiger partial charge in [-0.05, 0) is 30.2 Å². The van der Waals surface area contributed by atoms with Gasteiger partial charge >= 0.3 is 51.4 Å². The maximum absolute atomic E-state index is 11.6. The van der Waals surface area contributed by atoms with Crippen molar-refractivity contribution in [3.63, 3.8) is 0 Å². The van der Waals surface area contributed by atoms with Crippen LogP contribution in [0.25, 0.3) is 0 Å². The van der Waals surface area contributed by atoms with Crippen molar-refractivity contribution in [3.8, 4) is 0 Å². The molecular weight excluding hydrogens is 378 g/mol. The average Bonchev–Trinajstić information content (AvgIpc) is 2.61. The average molecular weight is 394 g/mol. The van der Waals surface area contributed by atoms with E-state index in [4.69, 9.17) is 0 Å². The first kappa shape index (κ1) is 20.9. The summed E-state index contributed by atoms with van der Waals surface area (Å²) in [7, 11) is -5.28. The molecule has 0 heterocycles. The molecule has 0 spiro atoms. The summed E-state index contributed by atoms with van der Waals surface area (Å²) in [5, 5.41) is 2.30. The standard InChI is InChI=1S/C19H17O3PS.K/c20-24(21,22)19-14-8-7-9-16(19)15-23(17-10-3-1-4-11-17)18-12-5-2-6-13-18;/h1-14H,15H2,(H,20,21,22);/q;+1/p-1. The topological polar surface area (TPSA) is 57.2 Å². The number of hydrogen-bond donors (Lipinski definition) is 0. The fraction of sp³-hybridized carbons (Fsp3) is 0.0526. The molecule has 0 saturated carbocycles. The summed E-state index contributed by atoms with van der Waals surface area (Å²) < 4.78 is 34.7. The molecule has 3 aromatic rings. The molecule has 3 nitrogen and oxygen atoms in total. The number of benzene rings is 3. The second-order valence-electron chi connectivity index (χ2n) is 5.32. The van der Waals surface area contributed by atoms with Crippen LogP contribution >= 0.6 is 7.92 Å². The van der Waals surface area contributed by atoms with Gasteiger partial charge in [-0.3, -0.25) is 0 Å². The quantitative estimate of drug-likeness (QED) is 0.354. The van der Waals surface area contributed by atoms with Crippen molar-refractivity contribution in [2.45, 2.75) is 11.1 Å². The molecule has 0 aliphatic rings. The zero-order chi connectivity index (χ0) is 17.0. The number of rotatable bonds is 5. The minimum Gasteiger partial charge on any atom is -0.744 e. The van der Waals surface area contributed by atoms with Crippen LogP contribution in [0.15, 0.2) is 89.8 Å². The normalized spacial score (nSPS) is 11.1. The molecule has 6 heteroatoms. The summed E-state index contributed by atoms with van der Waals surface area (Å²) in [5.74, 6) is 0. The first-order valence-electron chi connectivity index (χ1n) is 7.47. The van der Waals surface area contributed by atoms with Gasteiger partial charge in [-0.25, -0.2) is 8.42 Å². The molecule has 0 unspecified atom stereocenters. The van der Waals surface area contributed by atoms with Gasteiger partial charge < -0.3 is 4.55 Å². The predicted octanol–water partition coefficient (Wildman–Crippen LogP) is 0.228. The van der Waals surface area contributed by atoms with Crippen LogP contribution in [-0.4, -0.2) is 13.0 Å². The fourth-order valence-electron chi connectivity index (χ4n) is 2.60. The Hall–Kier alpha value is -0.364. The molecule has 0 aliphatic carbocycles. The van der Waals surface area contributed by atoms with E-state index in [2.05, 4.69) is 0 Å². The first-order chi connectivity index (χ1) is 11.6. The van der Waals surface area contributed by atoms with Crippen LogP contribution in [0, 0.1) is 0 Å². The Morgan fingerprint density at radius 1 is 0.720 bits per heavy atom. The van der Waals surface area contributed by atoms with Gasteiger partial charge in [-0.2, -0.15) is 0 Å². The molecule has 0 N–H and O–H groups in total. The van der Waals surface area contributed by atoms with Crippen LogP contribution in [0.2, 0.25) is 0 Å². The molecule has 122 valence electrons. The molecule has 0 fully saturated rings. The van der Waals surface area contributed by atoms with E-state index < -0.39 is 18.0 Å². The SMILES string of the molecule is O=S(=O)([O-])c1ccccc1CP(c1ccccc1)c1ccccc1.[K+]. The van der Waals surface area contributed by atoms with Crippen LogP contribution in [0.5, 0.6) is 0 Å². The van der Waals surface area contributed by atoms with E-state index in [0.29, 0.717) is 11.7 Å². The number of hydrogen-bond acceptors (Lipinski definition) is 3. The van der Waals surface area contributed by atoms with E-state index in [0.717, 1.165) is 10.6 Å². The Morgan fingerprint density at radius 2 is 1.16 bits per heavy atom. The van der Waals surface area contributed by atoms with Gasteiger partial charge in [-0.1, -0.05) is 78.9 Å². The molecule has 0 radical (unpaired) electrons. The third kappa shape index (κ3) is 5.55. The Balaban J connectivity index is 0.00000225. The molecular formula is C19H16KO3PS. The largest absolute Gasteiger partial charge is 1.00 e. The van der Waals surface area contributed by atoms with E-state index in [1.807, 2.05) is 60.7 Å². The molecule has 0 bridgehead atoms. The minimum absolute atomic E-state index is 0. The van der Waals surface area contributed by atoms with Crippen LogP contribution < -0.4 is 62.0 Å². The molecule has 0 aliphatic heterocycles. The minimum atomic E-state index is -4.48. The molecule has 0 aromatic heterocycles. The van der Waals surface area contributed by atoms with Crippen LogP contribution in [0.1, 0.15) is 5.56 Å². The summed E-state index contributed by atoms with van der Waals surface area (Å²) >= 11 is 0. The van der Waals surface area contributed by atoms with Crippen molar-refractivity contribution >= 4 is 28.6 Å². The Bertz CT molecular complexity index is 876. The van der Waals surface area contributed by atoms with Gasteiger partial charge in [0.25, 0.3) is 0 Å². The molecule has 0 amide bonds. The van der Waals surface area contributed by atoms with E-state index >= 15 is 0 Å². The van der Waals surface area contributed by atoms with Gasteiger partial charge in [0, 0.05) is 6.16 Å². The molecule has 0 saturated heterocycles. The third-order valence-electron chi connectivity index (χ3n) is 3.71. The summed E-state index contributed by atoms with van der Waals surface area (Å²) in [6, 6.07) is 26.5. The summed E-state index contributed by atoms with van der Waals surface area (Å²) in [6.45, 7) is 0. The second kappa shape index (κ2) is 9.54. The smallest absolute Gasteiger partial charge is 0.744 e. The summed E-state index contributed by atoms with van der Waals surface area (Å²) in [4.78, 5) is -0.121. The van der Waals surface area contributed by atoms with Gasteiger partial charge in [0.05, 0.1) is 4.90 Å².